The highest BCUT2D eigenvalue weighted by molar-refractivity contribution is 5.92. The monoisotopic (exact) mass is 278 g/mol. The quantitative estimate of drug-likeness (QED) is 0.819. The standard InChI is InChI=1S/C15H26N4O/c1-3-18(2)12-10-17-15(20)14-5-4-11-19(14)13-6-8-16-9-7-13/h4-5,11,13,16H,3,6-10,12H2,1-2H3,(H,17,20). The van der Waals surface area contributed by atoms with Crippen molar-refractivity contribution in [3.05, 3.63) is 24.0 Å². The van der Waals surface area contributed by atoms with Gasteiger partial charge in [0.2, 0.25) is 0 Å². The summed E-state index contributed by atoms with van der Waals surface area (Å²) in [6.45, 7) is 6.76. The zero-order valence-corrected chi connectivity index (χ0v) is 12.6. The summed E-state index contributed by atoms with van der Waals surface area (Å²) in [4.78, 5) is 14.5. The molecule has 1 aliphatic rings. The first-order chi connectivity index (χ1) is 9.72. The van der Waals surface area contributed by atoms with Crippen LogP contribution in [-0.2, 0) is 0 Å². The Kier molecular flexibility index (Phi) is 5.61. The smallest absolute Gasteiger partial charge is 0.267 e. The van der Waals surface area contributed by atoms with Gasteiger partial charge in [0.1, 0.15) is 5.69 Å². The van der Waals surface area contributed by atoms with E-state index in [-0.39, 0.29) is 5.91 Å². The number of likely N-dealkylation sites (N-methyl/N-ethyl adjacent to an activating group) is 1. The number of hydrogen-bond acceptors (Lipinski definition) is 3. The zero-order valence-electron chi connectivity index (χ0n) is 12.6. The molecule has 1 amide bonds. The summed E-state index contributed by atoms with van der Waals surface area (Å²) in [5.41, 5.74) is 0.788. The molecule has 2 heterocycles. The molecule has 0 aliphatic carbocycles. The minimum Gasteiger partial charge on any atom is -0.349 e. The van der Waals surface area contributed by atoms with E-state index in [4.69, 9.17) is 0 Å². The second kappa shape index (κ2) is 7.45. The summed E-state index contributed by atoms with van der Waals surface area (Å²) in [5.74, 6) is 0.0398. The van der Waals surface area contributed by atoms with Crippen molar-refractivity contribution in [3.63, 3.8) is 0 Å². The first-order valence-corrected chi connectivity index (χ1v) is 7.56. The topological polar surface area (TPSA) is 49.3 Å². The van der Waals surface area contributed by atoms with E-state index in [2.05, 4.69) is 34.1 Å². The van der Waals surface area contributed by atoms with Crippen LogP contribution in [0, 0.1) is 0 Å². The van der Waals surface area contributed by atoms with Crippen LogP contribution in [0.3, 0.4) is 0 Å². The third-order valence-electron chi connectivity index (χ3n) is 4.03. The van der Waals surface area contributed by atoms with Crippen LogP contribution in [0.25, 0.3) is 0 Å². The predicted molar refractivity (Wildman–Crippen MR) is 81.1 cm³/mol. The van der Waals surface area contributed by atoms with Crippen molar-refractivity contribution in [3.8, 4) is 0 Å². The number of hydrogen-bond donors (Lipinski definition) is 2. The van der Waals surface area contributed by atoms with E-state index in [0.29, 0.717) is 12.6 Å². The summed E-state index contributed by atoms with van der Waals surface area (Å²) in [6.07, 6.45) is 4.21. The third-order valence-corrected chi connectivity index (χ3v) is 4.03. The van der Waals surface area contributed by atoms with Gasteiger partial charge in [-0.25, -0.2) is 0 Å². The van der Waals surface area contributed by atoms with Gasteiger partial charge in [0.15, 0.2) is 0 Å². The lowest BCUT2D eigenvalue weighted by atomic mass is 10.1. The molecule has 2 N–H and O–H groups in total. The number of carbonyl (C=O) groups excluding carboxylic acids is 1. The maximum atomic E-state index is 12.3. The first-order valence-electron chi connectivity index (χ1n) is 7.56. The highest BCUT2D eigenvalue weighted by Crippen LogP contribution is 2.21. The van der Waals surface area contributed by atoms with Crippen molar-refractivity contribution in [1.29, 1.82) is 0 Å². The Bertz CT molecular complexity index is 423. The van der Waals surface area contributed by atoms with Gasteiger partial charge >= 0.3 is 0 Å². The van der Waals surface area contributed by atoms with Gasteiger partial charge in [-0.2, -0.15) is 0 Å². The lowest BCUT2D eigenvalue weighted by Gasteiger charge is -2.26. The molecular weight excluding hydrogens is 252 g/mol. The largest absolute Gasteiger partial charge is 0.349 e. The Morgan fingerprint density at radius 1 is 1.50 bits per heavy atom. The molecule has 1 aromatic rings. The van der Waals surface area contributed by atoms with Crippen LogP contribution in [0.1, 0.15) is 36.3 Å². The van der Waals surface area contributed by atoms with Crippen molar-refractivity contribution < 1.29 is 4.79 Å². The van der Waals surface area contributed by atoms with E-state index in [1.807, 2.05) is 18.3 Å². The predicted octanol–water partition coefficient (Wildman–Crippen LogP) is 1.09. The minimum atomic E-state index is 0.0398. The Morgan fingerprint density at radius 2 is 2.25 bits per heavy atom. The lowest BCUT2D eigenvalue weighted by molar-refractivity contribution is 0.0937. The second-order valence-corrected chi connectivity index (χ2v) is 5.43. The van der Waals surface area contributed by atoms with E-state index in [9.17, 15) is 4.79 Å². The van der Waals surface area contributed by atoms with E-state index >= 15 is 0 Å². The molecule has 0 bridgehead atoms. The Balaban J connectivity index is 1.91. The van der Waals surface area contributed by atoms with Crippen LogP contribution in [0.15, 0.2) is 18.3 Å². The number of rotatable bonds is 6. The molecule has 1 aromatic heterocycles. The number of nitrogens with zero attached hydrogens (tertiary/aromatic N) is 2. The van der Waals surface area contributed by atoms with Crippen molar-refractivity contribution in [2.24, 2.45) is 0 Å². The van der Waals surface area contributed by atoms with E-state index in [1.54, 1.807) is 0 Å². The molecule has 5 nitrogen and oxygen atoms in total. The molecule has 2 rings (SSSR count). The van der Waals surface area contributed by atoms with Crippen molar-refractivity contribution in [1.82, 2.24) is 20.1 Å². The average molecular weight is 278 g/mol. The van der Waals surface area contributed by atoms with Crippen molar-refractivity contribution in [2.45, 2.75) is 25.8 Å². The average Bonchev–Trinajstić information content (AvgIpc) is 2.97. The SMILES string of the molecule is CCN(C)CCNC(=O)c1cccn1C1CCNCC1. The van der Waals surface area contributed by atoms with Crippen LogP contribution < -0.4 is 10.6 Å². The van der Waals surface area contributed by atoms with E-state index < -0.39 is 0 Å². The molecule has 1 fully saturated rings. The fourth-order valence-electron chi connectivity index (χ4n) is 2.60. The van der Waals surface area contributed by atoms with E-state index in [1.165, 1.54) is 0 Å². The number of nitrogens with one attached hydrogen (secondary N) is 2. The number of aromatic nitrogens is 1. The van der Waals surface area contributed by atoms with Crippen LogP contribution >= 0.6 is 0 Å². The second-order valence-electron chi connectivity index (χ2n) is 5.43. The molecule has 0 aromatic carbocycles. The molecule has 1 saturated heterocycles. The van der Waals surface area contributed by atoms with Gasteiger partial charge in [-0.15, -0.1) is 0 Å². The molecule has 5 heteroatoms. The molecule has 0 spiro atoms. The third kappa shape index (κ3) is 3.84. The van der Waals surface area contributed by atoms with Gasteiger partial charge in [0.25, 0.3) is 5.91 Å². The van der Waals surface area contributed by atoms with Crippen LogP contribution in [0.2, 0.25) is 0 Å². The van der Waals surface area contributed by atoms with Crippen LogP contribution in [-0.4, -0.2) is 55.1 Å². The maximum absolute atomic E-state index is 12.3. The normalized spacial score (nSPS) is 16.6. The van der Waals surface area contributed by atoms with Gasteiger partial charge in [0.05, 0.1) is 0 Å². The van der Waals surface area contributed by atoms with Crippen LogP contribution in [0.4, 0.5) is 0 Å². The number of amides is 1. The maximum Gasteiger partial charge on any atom is 0.267 e. The highest BCUT2D eigenvalue weighted by Gasteiger charge is 2.19. The van der Waals surface area contributed by atoms with Crippen molar-refractivity contribution in [2.75, 3.05) is 39.8 Å². The summed E-state index contributed by atoms with van der Waals surface area (Å²) in [7, 11) is 2.06. The zero-order chi connectivity index (χ0) is 14.4. The highest BCUT2D eigenvalue weighted by atomic mass is 16.1. The molecule has 112 valence electrons. The van der Waals surface area contributed by atoms with Gasteiger partial charge < -0.3 is 20.1 Å². The Labute approximate surface area is 121 Å². The van der Waals surface area contributed by atoms with Gasteiger partial charge in [-0.3, -0.25) is 4.79 Å². The van der Waals surface area contributed by atoms with Gasteiger partial charge in [0, 0.05) is 25.3 Å². The molecule has 0 atom stereocenters. The summed E-state index contributed by atoms with van der Waals surface area (Å²) in [6, 6.07) is 4.33. The number of piperidine rings is 1. The summed E-state index contributed by atoms with van der Waals surface area (Å²) < 4.78 is 2.14. The fraction of sp³-hybridized carbons (Fsp3) is 0.667. The minimum absolute atomic E-state index is 0.0398. The Hall–Kier alpha value is -1.33. The molecule has 0 unspecified atom stereocenters. The molecular formula is C15H26N4O. The lowest BCUT2D eigenvalue weighted by Crippen LogP contribution is -2.35. The molecule has 0 saturated carbocycles. The first kappa shape index (κ1) is 15.1. The van der Waals surface area contributed by atoms with Crippen LogP contribution in [0.5, 0.6) is 0 Å². The molecule has 1 aliphatic heterocycles. The van der Waals surface area contributed by atoms with Crippen molar-refractivity contribution >= 4 is 5.91 Å². The number of carbonyl (C=O) groups is 1. The van der Waals surface area contributed by atoms with Gasteiger partial charge in [-0.05, 0) is 51.7 Å². The Morgan fingerprint density at radius 3 is 2.95 bits per heavy atom. The van der Waals surface area contributed by atoms with E-state index in [0.717, 1.165) is 44.7 Å². The molecule has 0 radical (unpaired) electrons. The fourth-order valence-corrected chi connectivity index (χ4v) is 2.60. The summed E-state index contributed by atoms with van der Waals surface area (Å²) >= 11 is 0. The summed E-state index contributed by atoms with van der Waals surface area (Å²) in [5, 5.41) is 6.37. The van der Waals surface area contributed by atoms with Gasteiger partial charge in [-0.1, -0.05) is 6.92 Å². The molecule has 20 heavy (non-hydrogen) atoms.